The highest BCUT2D eigenvalue weighted by Crippen LogP contribution is 1.82. The molecule has 0 unspecified atom stereocenters. The number of carbonyl (C=O) groups is 1. The number of likely N-dealkylation sites (N-methyl/N-ethyl adjacent to an activating group) is 1. The van der Waals surface area contributed by atoms with E-state index < -0.39 is 0 Å². The maximum atomic E-state index is 10.2. The summed E-state index contributed by atoms with van der Waals surface area (Å²) in [6.07, 6.45) is 1.41. The summed E-state index contributed by atoms with van der Waals surface area (Å²) in [7, 11) is 1.78. The number of ether oxygens (including phenoxy) is 1. The average Bonchev–Trinajstić information content (AvgIpc) is 1.87. The number of hydrogen-bond acceptors (Lipinski definition) is 2. The van der Waals surface area contributed by atoms with Crippen molar-refractivity contribution in [2.45, 2.75) is 0 Å². The molecular formula is C4H6NO2+. The van der Waals surface area contributed by atoms with Gasteiger partial charge in [0.2, 0.25) is 6.54 Å². The highest BCUT2D eigenvalue weighted by atomic mass is 16.5. The van der Waals surface area contributed by atoms with Crippen LogP contribution in [0.25, 0.3) is 0 Å². The lowest BCUT2D eigenvalue weighted by Crippen LogP contribution is -2.06. The van der Waals surface area contributed by atoms with E-state index in [0.29, 0.717) is 6.54 Å². The molecule has 0 fully saturated rings. The Balaban J connectivity index is 2.58. The third kappa shape index (κ3) is 0.765. The lowest BCUT2D eigenvalue weighted by Gasteiger charge is -1.73. The average molecular weight is 100 g/mol. The van der Waals surface area contributed by atoms with Crippen molar-refractivity contribution < 1.29 is 14.1 Å². The molecule has 0 N–H and O–H groups in total. The second-order valence-corrected chi connectivity index (χ2v) is 1.51. The maximum absolute atomic E-state index is 10.2. The molecule has 0 aliphatic carbocycles. The van der Waals surface area contributed by atoms with Gasteiger partial charge in [-0.3, -0.25) is 0 Å². The van der Waals surface area contributed by atoms with Gasteiger partial charge in [-0.1, -0.05) is 0 Å². The minimum absolute atomic E-state index is 0.178. The molecule has 1 aliphatic rings. The van der Waals surface area contributed by atoms with Gasteiger partial charge in [0.05, 0.1) is 0 Å². The van der Waals surface area contributed by atoms with Crippen molar-refractivity contribution in [1.82, 2.24) is 0 Å². The summed E-state index contributed by atoms with van der Waals surface area (Å²) in [6, 6.07) is 0. The molecule has 0 amide bonds. The van der Waals surface area contributed by atoms with Crippen LogP contribution in [0.4, 0.5) is 0 Å². The highest BCUT2D eigenvalue weighted by molar-refractivity contribution is 5.80. The summed E-state index contributed by atoms with van der Waals surface area (Å²) in [4.78, 5) is 10.2. The zero-order chi connectivity index (χ0) is 5.28. The van der Waals surface area contributed by atoms with Crippen LogP contribution in [0.2, 0.25) is 0 Å². The van der Waals surface area contributed by atoms with E-state index in [1.54, 1.807) is 11.6 Å². The molecule has 3 heteroatoms. The fraction of sp³-hybridized carbons (Fsp3) is 0.500. The SMILES string of the molecule is C[N+]1=COC(=O)C1. The van der Waals surface area contributed by atoms with Gasteiger partial charge >= 0.3 is 12.4 Å². The Bertz CT molecular complexity index is 128. The maximum Gasteiger partial charge on any atom is 0.381 e. The van der Waals surface area contributed by atoms with Crippen LogP contribution in [0.15, 0.2) is 0 Å². The molecule has 0 aromatic rings. The first-order valence-corrected chi connectivity index (χ1v) is 2.02. The number of esters is 1. The molecule has 7 heavy (non-hydrogen) atoms. The van der Waals surface area contributed by atoms with Gasteiger partial charge in [0.15, 0.2) is 0 Å². The standard InChI is InChI=1S/C4H6NO2/c1-5-2-4(6)7-3-5/h3H,2H2,1H3/q+1. The minimum atomic E-state index is -0.178. The van der Waals surface area contributed by atoms with Gasteiger partial charge in [0.1, 0.15) is 7.05 Å². The van der Waals surface area contributed by atoms with Crippen LogP contribution in [0, 0.1) is 0 Å². The van der Waals surface area contributed by atoms with Gasteiger partial charge in [0.25, 0.3) is 0 Å². The Hall–Kier alpha value is -0.860. The van der Waals surface area contributed by atoms with Crippen molar-refractivity contribution in [2.75, 3.05) is 13.6 Å². The fourth-order valence-electron chi connectivity index (χ4n) is 0.427. The third-order valence-corrected chi connectivity index (χ3v) is 0.743. The van der Waals surface area contributed by atoms with Crippen LogP contribution in [0.3, 0.4) is 0 Å². The van der Waals surface area contributed by atoms with Crippen molar-refractivity contribution in [1.29, 1.82) is 0 Å². The first kappa shape index (κ1) is 4.30. The van der Waals surface area contributed by atoms with E-state index in [0.717, 1.165) is 0 Å². The normalized spacial score (nSPS) is 19.0. The number of nitrogens with zero attached hydrogens (tertiary/aromatic N) is 1. The monoisotopic (exact) mass is 100 g/mol. The minimum Gasteiger partial charge on any atom is -0.372 e. The van der Waals surface area contributed by atoms with E-state index >= 15 is 0 Å². The van der Waals surface area contributed by atoms with Crippen molar-refractivity contribution in [3.05, 3.63) is 0 Å². The van der Waals surface area contributed by atoms with Gasteiger partial charge in [-0.05, 0) is 0 Å². The predicted octanol–water partition coefficient (Wildman–Crippen LogP) is -0.786. The molecular weight excluding hydrogens is 94.0 g/mol. The summed E-state index contributed by atoms with van der Waals surface area (Å²) in [5, 5.41) is 0. The molecule has 0 atom stereocenters. The lowest BCUT2D eigenvalue weighted by atomic mass is 10.7. The summed E-state index contributed by atoms with van der Waals surface area (Å²) < 4.78 is 6.11. The smallest absolute Gasteiger partial charge is 0.372 e. The zero-order valence-electron chi connectivity index (χ0n) is 4.05. The summed E-state index contributed by atoms with van der Waals surface area (Å²) in [5.41, 5.74) is 0. The molecule has 3 nitrogen and oxygen atoms in total. The second kappa shape index (κ2) is 1.33. The Morgan fingerprint density at radius 3 is 2.86 bits per heavy atom. The molecule has 1 heterocycles. The van der Waals surface area contributed by atoms with Gasteiger partial charge in [0, 0.05) is 0 Å². The Labute approximate surface area is 41.2 Å². The number of rotatable bonds is 0. The van der Waals surface area contributed by atoms with Crippen molar-refractivity contribution >= 4 is 12.4 Å². The van der Waals surface area contributed by atoms with Crippen molar-refractivity contribution in [3.63, 3.8) is 0 Å². The molecule has 0 radical (unpaired) electrons. The number of carbonyl (C=O) groups excluding carboxylic acids is 1. The van der Waals surface area contributed by atoms with Crippen LogP contribution < -0.4 is 0 Å². The topological polar surface area (TPSA) is 29.3 Å². The summed E-state index contributed by atoms with van der Waals surface area (Å²) in [5.74, 6) is -0.178. The molecule has 0 saturated carbocycles. The molecule has 0 saturated heterocycles. The molecule has 1 rings (SSSR count). The van der Waals surface area contributed by atoms with E-state index in [-0.39, 0.29) is 5.97 Å². The molecule has 0 bridgehead atoms. The van der Waals surface area contributed by atoms with E-state index in [4.69, 9.17) is 0 Å². The quantitative estimate of drug-likeness (QED) is 0.295. The second-order valence-electron chi connectivity index (χ2n) is 1.51. The van der Waals surface area contributed by atoms with Crippen LogP contribution in [0.5, 0.6) is 0 Å². The summed E-state index contributed by atoms with van der Waals surface area (Å²) >= 11 is 0. The van der Waals surface area contributed by atoms with Crippen LogP contribution in [-0.4, -0.2) is 30.5 Å². The zero-order valence-corrected chi connectivity index (χ0v) is 4.05. The van der Waals surface area contributed by atoms with Crippen LogP contribution in [-0.2, 0) is 9.53 Å². The largest absolute Gasteiger partial charge is 0.381 e. The first-order valence-electron chi connectivity index (χ1n) is 2.02. The Morgan fingerprint density at radius 2 is 2.71 bits per heavy atom. The first-order chi connectivity index (χ1) is 3.29. The fourth-order valence-corrected chi connectivity index (χ4v) is 0.427. The number of cyclic esters (lactones) is 1. The molecule has 0 aromatic carbocycles. The molecule has 0 aromatic heterocycles. The lowest BCUT2D eigenvalue weighted by molar-refractivity contribution is -0.476. The third-order valence-electron chi connectivity index (χ3n) is 0.743. The van der Waals surface area contributed by atoms with Gasteiger partial charge < -0.3 is 4.74 Å². The predicted molar refractivity (Wildman–Crippen MR) is 23.2 cm³/mol. The van der Waals surface area contributed by atoms with Gasteiger partial charge in [-0.25, -0.2) is 4.79 Å². The molecule has 38 valence electrons. The number of hydrogen-bond donors (Lipinski definition) is 0. The Kier molecular flexibility index (Phi) is 0.817. The Morgan fingerprint density at radius 1 is 2.00 bits per heavy atom. The molecule has 1 aliphatic heterocycles. The van der Waals surface area contributed by atoms with E-state index in [1.165, 1.54) is 6.40 Å². The highest BCUT2D eigenvalue weighted by Gasteiger charge is 2.15. The molecule has 0 spiro atoms. The van der Waals surface area contributed by atoms with Crippen LogP contribution >= 0.6 is 0 Å². The summed E-state index contributed by atoms with van der Waals surface area (Å²) in [6.45, 7) is 0.389. The van der Waals surface area contributed by atoms with E-state index in [9.17, 15) is 4.79 Å². The van der Waals surface area contributed by atoms with E-state index in [1.807, 2.05) is 0 Å². The van der Waals surface area contributed by atoms with Gasteiger partial charge in [-0.2, -0.15) is 4.58 Å². The van der Waals surface area contributed by atoms with Crippen LogP contribution in [0.1, 0.15) is 0 Å². The van der Waals surface area contributed by atoms with Crippen molar-refractivity contribution in [3.8, 4) is 0 Å². The van der Waals surface area contributed by atoms with E-state index in [2.05, 4.69) is 4.74 Å². The van der Waals surface area contributed by atoms with Gasteiger partial charge in [-0.15, -0.1) is 0 Å². The van der Waals surface area contributed by atoms with Crippen molar-refractivity contribution in [2.24, 2.45) is 0 Å².